The Balaban J connectivity index is 1.69. The smallest absolute Gasteiger partial charge is 0.191 e. The SMILES string of the molecule is CN=C(NCCC(C)c1ccc(OC)cc1)NCC(C)N(C)C1CC1. The molecular weight excluding hydrogens is 312 g/mol. The van der Waals surface area contributed by atoms with Crippen LogP contribution in [0.3, 0.4) is 0 Å². The Morgan fingerprint density at radius 2 is 1.92 bits per heavy atom. The molecule has 0 heterocycles. The zero-order valence-electron chi connectivity index (χ0n) is 16.4. The lowest BCUT2D eigenvalue weighted by molar-refractivity contribution is 0.247. The minimum Gasteiger partial charge on any atom is -0.497 e. The van der Waals surface area contributed by atoms with E-state index in [1.165, 1.54) is 18.4 Å². The fraction of sp³-hybridized carbons (Fsp3) is 0.650. The van der Waals surface area contributed by atoms with Gasteiger partial charge in [0, 0.05) is 32.2 Å². The third-order valence-electron chi connectivity index (χ3n) is 5.16. The molecule has 2 rings (SSSR count). The van der Waals surface area contributed by atoms with Crippen molar-refractivity contribution in [3.8, 4) is 5.75 Å². The van der Waals surface area contributed by atoms with Crippen molar-refractivity contribution in [2.75, 3.05) is 34.3 Å². The third kappa shape index (κ3) is 6.24. The second kappa shape index (κ2) is 9.66. The molecule has 5 heteroatoms. The zero-order chi connectivity index (χ0) is 18.2. The summed E-state index contributed by atoms with van der Waals surface area (Å²) in [6.07, 6.45) is 3.75. The van der Waals surface area contributed by atoms with E-state index in [9.17, 15) is 0 Å². The minimum atomic E-state index is 0.497. The van der Waals surface area contributed by atoms with Crippen molar-refractivity contribution in [1.29, 1.82) is 0 Å². The van der Waals surface area contributed by atoms with Crippen molar-refractivity contribution < 1.29 is 4.74 Å². The second-order valence-electron chi connectivity index (χ2n) is 7.09. The van der Waals surface area contributed by atoms with Gasteiger partial charge >= 0.3 is 0 Å². The Labute approximate surface area is 152 Å². The number of rotatable bonds is 9. The summed E-state index contributed by atoms with van der Waals surface area (Å²) >= 11 is 0. The van der Waals surface area contributed by atoms with Crippen LogP contribution in [0.1, 0.15) is 44.6 Å². The summed E-state index contributed by atoms with van der Waals surface area (Å²) in [6, 6.07) is 9.65. The highest BCUT2D eigenvalue weighted by atomic mass is 16.5. The van der Waals surface area contributed by atoms with Gasteiger partial charge in [-0.1, -0.05) is 19.1 Å². The van der Waals surface area contributed by atoms with Gasteiger partial charge < -0.3 is 15.4 Å². The average Bonchev–Trinajstić information content (AvgIpc) is 3.48. The summed E-state index contributed by atoms with van der Waals surface area (Å²) in [6.45, 7) is 6.34. The van der Waals surface area contributed by atoms with E-state index in [2.05, 4.69) is 53.6 Å². The number of likely N-dealkylation sites (N-methyl/N-ethyl adjacent to an activating group) is 1. The first kappa shape index (κ1) is 19.6. The Morgan fingerprint density at radius 3 is 2.48 bits per heavy atom. The number of guanidine groups is 1. The molecule has 1 aromatic carbocycles. The van der Waals surface area contributed by atoms with Crippen LogP contribution < -0.4 is 15.4 Å². The molecule has 1 aromatic rings. The molecule has 2 atom stereocenters. The Hall–Kier alpha value is -1.75. The fourth-order valence-electron chi connectivity index (χ4n) is 2.96. The molecule has 25 heavy (non-hydrogen) atoms. The van der Waals surface area contributed by atoms with Crippen LogP contribution in [-0.2, 0) is 0 Å². The molecule has 1 fully saturated rings. The molecule has 0 aromatic heterocycles. The van der Waals surface area contributed by atoms with E-state index in [1.807, 2.05) is 19.2 Å². The van der Waals surface area contributed by atoms with E-state index < -0.39 is 0 Å². The van der Waals surface area contributed by atoms with E-state index in [0.717, 1.165) is 37.3 Å². The normalized spacial score (nSPS) is 17.3. The van der Waals surface area contributed by atoms with Crippen molar-refractivity contribution in [3.05, 3.63) is 29.8 Å². The predicted molar refractivity (Wildman–Crippen MR) is 106 cm³/mol. The molecule has 0 amide bonds. The Kier molecular flexibility index (Phi) is 7.56. The maximum absolute atomic E-state index is 5.22. The van der Waals surface area contributed by atoms with E-state index in [4.69, 9.17) is 4.74 Å². The number of aliphatic imine (C=N–C) groups is 1. The summed E-state index contributed by atoms with van der Waals surface area (Å²) in [5.74, 6) is 2.29. The highest BCUT2D eigenvalue weighted by Gasteiger charge is 2.28. The first-order chi connectivity index (χ1) is 12.0. The topological polar surface area (TPSA) is 48.9 Å². The first-order valence-electron chi connectivity index (χ1n) is 9.35. The van der Waals surface area contributed by atoms with Gasteiger partial charge in [0.1, 0.15) is 5.75 Å². The zero-order valence-corrected chi connectivity index (χ0v) is 16.4. The number of benzene rings is 1. The summed E-state index contributed by atoms with van der Waals surface area (Å²) in [5, 5.41) is 6.87. The molecule has 0 saturated heterocycles. The van der Waals surface area contributed by atoms with Crippen LogP contribution in [0.2, 0.25) is 0 Å². The van der Waals surface area contributed by atoms with Crippen LogP contribution in [0.25, 0.3) is 0 Å². The van der Waals surface area contributed by atoms with Crippen LogP contribution in [0, 0.1) is 0 Å². The maximum Gasteiger partial charge on any atom is 0.191 e. The van der Waals surface area contributed by atoms with Crippen molar-refractivity contribution in [1.82, 2.24) is 15.5 Å². The van der Waals surface area contributed by atoms with Gasteiger partial charge in [-0.25, -0.2) is 0 Å². The van der Waals surface area contributed by atoms with Crippen LogP contribution >= 0.6 is 0 Å². The second-order valence-corrected chi connectivity index (χ2v) is 7.09. The summed E-state index contributed by atoms with van der Waals surface area (Å²) < 4.78 is 5.22. The van der Waals surface area contributed by atoms with E-state index in [0.29, 0.717) is 12.0 Å². The maximum atomic E-state index is 5.22. The molecule has 140 valence electrons. The minimum absolute atomic E-state index is 0.497. The van der Waals surface area contributed by atoms with Gasteiger partial charge in [0.05, 0.1) is 7.11 Å². The van der Waals surface area contributed by atoms with Gasteiger partial charge in [-0.05, 0) is 56.8 Å². The number of ether oxygens (including phenoxy) is 1. The van der Waals surface area contributed by atoms with Crippen LogP contribution in [0.4, 0.5) is 0 Å². The highest BCUT2D eigenvalue weighted by molar-refractivity contribution is 5.79. The van der Waals surface area contributed by atoms with Gasteiger partial charge in [-0.2, -0.15) is 0 Å². The molecule has 2 N–H and O–H groups in total. The molecule has 1 aliphatic rings. The van der Waals surface area contributed by atoms with Crippen LogP contribution in [0.15, 0.2) is 29.3 Å². The van der Waals surface area contributed by atoms with Gasteiger partial charge in [0.25, 0.3) is 0 Å². The highest BCUT2D eigenvalue weighted by Crippen LogP contribution is 2.26. The molecule has 1 aliphatic carbocycles. The van der Waals surface area contributed by atoms with Gasteiger partial charge in [-0.3, -0.25) is 9.89 Å². The van der Waals surface area contributed by atoms with Gasteiger partial charge in [0.15, 0.2) is 5.96 Å². The third-order valence-corrected chi connectivity index (χ3v) is 5.16. The van der Waals surface area contributed by atoms with Crippen LogP contribution in [0.5, 0.6) is 5.75 Å². The lowest BCUT2D eigenvalue weighted by atomic mass is 9.98. The van der Waals surface area contributed by atoms with Crippen molar-refractivity contribution in [2.24, 2.45) is 4.99 Å². The Bertz CT molecular complexity index is 539. The number of nitrogens with zero attached hydrogens (tertiary/aromatic N) is 2. The molecule has 0 bridgehead atoms. The molecule has 1 saturated carbocycles. The summed E-state index contributed by atoms with van der Waals surface area (Å²) in [5.41, 5.74) is 1.34. The Morgan fingerprint density at radius 1 is 1.24 bits per heavy atom. The number of methoxy groups -OCH3 is 1. The summed E-state index contributed by atoms with van der Waals surface area (Å²) in [4.78, 5) is 6.80. The number of hydrogen-bond donors (Lipinski definition) is 2. The molecule has 2 unspecified atom stereocenters. The predicted octanol–water partition coefficient (Wildman–Crippen LogP) is 2.84. The standard InChI is InChI=1S/C20H34N4O/c1-15(17-6-10-19(25-5)11-7-17)12-13-22-20(21-3)23-14-16(2)24(4)18-8-9-18/h6-7,10-11,15-16,18H,8-9,12-14H2,1-5H3,(H2,21,22,23). The average molecular weight is 347 g/mol. The largest absolute Gasteiger partial charge is 0.497 e. The number of hydrogen-bond acceptors (Lipinski definition) is 3. The van der Waals surface area contributed by atoms with E-state index in [-0.39, 0.29) is 0 Å². The monoisotopic (exact) mass is 346 g/mol. The van der Waals surface area contributed by atoms with Gasteiger partial charge in [0.2, 0.25) is 0 Å². The van der Waals surface area contributed by atoms with Crippen molar-refractivity contribution in [3.63, 3.8) is 0 Å². The first-order valence-corrected chi connectivity index (χ1v) is 9.35. The van der Waals surface area contributed by atoms with Crippen molar-refractivity contribution >= 4 is 5.96 Å². The van der Waals surface area contributed by atoms with Gasteiger partial charge in [-0.15, -0.1) is 0 Å². The number of nitrogens with one attached hydrogen (secondary N) is 2. The molecular formula is C20H34N4O. The molecule has 0 spiro atoms. The fourth-order valence-corrected chi connectivity index (χ4v) is 2.96. The van der Waals surface area contributed by atoms with E-state index in [1.54, 1.807) is 7.11 Å². The quantitative estimate of drug-likeness (QED) is 0.533. The van der Waals surface area contributed by atoms with Crippen molar-refractivity contribution in [2.45, 2.75) is 51.1 Å². The lowest BCUT2D eigenvalue weighted by Gasteiger charge is -2.25. The van der Waals surface area contributed by atoms with Crippen LogP contribution in [-0.4, -0.2) is 57.2 Å². The molecule has 0 aliphatic heterocycles. The lowest BCUT2D eigenvalue weighted by Crippen LogP contribution is -2.45. The molecule has 5 nitrogen and oxygen atoms in total. The molecule has 0 radical (unpaired) electrons. The summed E-state index contributed by atoms with van der Waals surface area (Å²) in [7, 11) is 5.75. The van der Waals surface area contributed by atoms with E-state index >= 15 is 0 Å².